The molecular formula is C18H23N3. The van der Waals surface area contributed by atoms with E-state index >= 15 is 0 Å². The molecule has 3 heteroatoms. The second-order valence-electron chi connectivity index (χ2n) is 5.82. The zero-order chi connectivity index (χ0) is 14.7. The first-order valence-electron chi connectivity index (χ1n) is 7.75. The molecule has 0 aliphatic carbocycles. The minimum Gasteiger partial charge on any atom is -0.352 e. The summed E-state index contributed by atoms with van der Waals surface area (Å²) in [6.07, 6.45) is 5.22. The van der Waals surface area contributed by atoms with E-state index in [0.29, 0.717) is 6.54 Å². The Balaban J connectivity index is 1.87. The number of anilines is 1. The van der Waals surface area contributed by atoms with Gasteiger partial charge in [0.25, 0.3) is 0 Å². The predicted octanol–water partition coefficient (Wildman–Crippen LogP) is 2.84. The van der Waals surface area contributed by atoms with Crippen molar-refractivity contribution in [1.82, 2.24) is 4.98 Å². The third-order valence-electron chi connectivity index (χ3n) is 4.19. The van der Waals surface area contributed by atoms with Gasteiger partial charge in [-0.1, -0.05) is 30.3 Å². The number of rotatable bonds is 3. The van der Waals surface area contributed by atoms with Crippen LogP contribution in [0.3, 0.4) is 0 Å². The Hall–Kier alpha value is -1.87. The number of benzene rings is 1. The smallest absolute Gasteiger partial charge is 0.131 e. The number of aryl methyl sites for hydroxylation is 2. The minimum atomic E-state index is 0.678. The maximum absolute atomic E-state index is 5.63. The molecule has 1 aliphatic rings. The van der Waals surface area contributed by atoms with E-state index in [2.05, 4.69) is 42.2 Å². The first-order chi connectivity index (χ1) is 10.3. The number of hydrogen-bond acceptors (Lipinski definition) is 3. The predicted molar refractivity (Wildman–Crippen MR) is 87.5 cm³/mol. The topological polar surface area (TPSA) is 42.1 Å². The first kappa shape index (κ1) is 14.1. The molecule has 0 bridgehead atoms. The zero-order valence-electron chi connectivity index (χ0n) is 12.7. The van der Waals surface area contributed by atoms with Crippen molar-refractivity contribution < 1.29 is 0 Å². The van der Waals surface area contributed by atoms with Gasteiger partial charge in [-0.15, -0.1) is 0 Å². The molecule has 0 spiro atoms. The molecule has 0 saturated carbocycles. The summed E-state index contributed by atoms with van der Waals surface area (Å²) in [4.78, 5) is 7.12. The Kier molecular flexibility index (Phi) is 4.20. The van der Waals surface area contributed by atoms with Gasteiger partial charge in [0.2, 0.25) is 0 Å². The molecule has 1 aromatic heterocycles. The number of fused-ring (bicyclic) bond motifs is 1. The molecule has 0 atom stereocenters. The van der Waals surface area contributed by atoms with Gasteiger partial charge < -0.3 is 10.6 Å². The second kappa shape index (κ2) is 6.27. The molecule has 3 nitrogen and oxygen atoms in total. The lowest BCUT2D eigenvalue weighted by molar-refractivity contribution is 0.750. The molecule has 0 fully saturated rings. The normalized spacial score (nSPS) is 14.7. The van der Waals surface area contributed by atoms with Crippen molar-refractivity contribution in [2.75, 3.05) is 18.0 Å². The van der Waals surface area contributed by atoms with Crippen LogP contribution >= 0.6 is 0 Å². The van der Waals surface area contributed by atoms with E-state index in [4.69, 9.17) is 10.7 Å². The summed E-state index contributed by atoms with van der Waals surface area (Å²) in [6, 6.07) is 11.0. The van der Waals surface area contributed by atoms with Gasteiger partial charge in [0, 0.05) is 19.3 Å². The molecule has 2 aromatic rings. The summed E-state index contributed by atoms with van der Waals surface area (Å²) in [5, 5.41) is 0. The molecule has 1 aliphatic heterocycles. The molecule has 1 aromatic carbocycles. The van der Waals surface area contributed by atoms with Crippen molar-refractivity contribution in [3.05, 3.63) is 58.8 Å². The van der Waals surface area contributed by atoms with Crippen LogP contribution in [0.25, 0.3) is 0 Å². The number of nitrogens with zero attached hydrogens (tertiary/aromatic N) is 2. The molecular weight excluding hydrogens is 258 g/mol. The Morgan fingerprint density at radius 2 is 2.05 bits per heavy atom. The molecule has 2 N–H and O–H groups in total. The monoisotopic (exact) mass is 281 g/mol. The van der Waals surface area contributed by atoms with E-state index < -0.39 is 0 Å². The highest BCUT2D eigenvalue weighted by Crippen LogP contribution is 2.25. The molecule has 21 heavy (non-hydrogen) atoms. The van der Waals surface area contributed by atoms with Crippen LogP contribution < -0.4 is 10.6 Å². The highest BCUT2D eigenvalue weighted by atomic mass is 15.2. The Bertz CT molecular complexity index is 622. The summed E-state index contributed by atoms with van der Waals surface area (Å²) >= 11 is 0. The molecule has 3 rings (SSSR count). The Morgan fingerprint density at radius 1 is 1.24 bits per heavy atom. The van der Waals surface area contributed by atoms with Gasteiger partial charge in [0.05, 0.1) is 0 Å². The number of hydrogen-bond donors (Lipinski definition) is 1. The minimum absolute atomic E-state index is 0.678. The van der Waals surface area contributed by atoms with Crippen molar-refractivity contribution in [3.63, 3.8) is 0 Å². The third kappa shape index (κ3) is 3.08. The van der Waals surface area contributed by atoms with E-state index in [1.807, 2.05) is 6.20 Å². The highest BCUT2D eigenvalue weighted by Gasteiger charge is 2.16. The van der Waals surface area contributed by atoms with Gasteiger partial charge in [0.1, 0.15) is 5.82 Å². The molecule has 0 saturated heterocycles. The summed E-state index contributed by atoms with van der Waals surface area (Å²) in [7, 11) is 0. The van der Waals surface area contributed by atoms with E-state index in [1.54, 1.807) is 0 Å². The van der Waals surface area contributed by atoms with Crippen LogP contribution in [0.2, 0.25) is 0 Å². The van der Waals surface area contributed by atoms with Gasteiger partial charge >= 0.3 is 0 Å². The van der Waals surface area contributed by atoms with Crippen LogP contribution in [-0.4, -0.2) is 18.1 Å². The van der Waals surface area contributed by atoms with E-state index in [1.165, 1.54) is 28.7 Å². The van der Waals surface area contributed by atoms with Crippen LogP contribution in [-0.2, 0) is 19.4 Å². The third-order valence-corrected chi connectivity index (χ3v) is 4.19. The summed E-state index contributed by atoms with van der Waals surface area (Å²) in [6.45, 7) is 4.86. The fraction of sp³-hybridized carbons (Fsp3) is 0.389. The number of pyridine rings is 1. The van der Waals surface area contributed by atoms with Crippen molar-refractivity contribution in [3.8, 4) is 0 Å². The average molecular weight is 281 g/mol. The largest absolute Gasteiger partial charge is 0.352 e. The lowest BCUT2D eigenvalue weighted by Gasteiger charge is -2.24. The van der Waals surface area contributed by atoms with Crippen molar-refractivity contribution >= 4 is 5.82 Å². The van der Waals surface area contributed by atoms with Gasteiger partial charge in [-0.25, -0.2) is 4.98 Å². The van der Waals surface area contributed by atoms with Crippen LogP contribution in [0.15, 0.2) is 36.5 Å². The van der Waals surface area contributed by atoms with Gasteiger partial charge in [0.15, 0.2) is 0 Å². The zero-order valence-corrected chi connectivity index (χ0v) is 12.7. The van der Waals surface area contributed by atoms with Crippen LogP contribution in [0, 0.1) is 6.92 Å². The lowest BCUT2D eigenvalue weighted by Crippen LogP contribution is -2.24. The Morgan fingerprint density at radius 3 is 2.81 bits per heavy atom. The maximum atomic E-state index is 5.63. The number of aromatic nitrogens is 1. The van der Waals surface area contributed by atoms with Crippen molar-refractivity contribution in [2.24, 2.45) is 5.73 Å². The van der Waals surface area contributed by atoms with E-state index in [0.717, 1.165) is 31.7 Å². The SMILES string of the molecule is Cc1cc(CCN)cnc1N1CCCc2ccccc2C1. The van der Waals surface area contributed by atoms with Crippen LogP contribution in [0.4, 0.5) is 5.82 Å². The van der Waals surface area contributed by atoms with Gasteiger partial charge in [-0.05, 0) is 55.0 Å². The number of nitrogens with two attached hydrogens (primary N) is 1. The molecule has 110 valence electrons. The molecule has 2 heterocycles. The van der Waals surface area contributed by atoms with Crippen molar-refractivity contribution in [1.29, 1.82) is 0 Å². The summed E-state index contributed by atoms with van der Waals surface area (Å²) < 4.78 is 0. The van der Waals surface area contributed by atoms with Gasteiger partial charge in [-0.2, -0.15) is 0 Å². The fourth-order valence-electron chi connectivity index (χ4n) is 3.14. The molecule has 0 radical (unpaired) electrons. The van der Waals surface area contributed by atoms with E-state index in [9.17, 15) is 0 Å². The first-order valence-corrected chi connectivity index (χ1v) is 7.75. The molecule has 0 unspecified atom stereocenters. The Labute approximate surface area is 126 Å². The van der Waals surface area contributed by atoms with Crippen molar-refractivity contribution in [2.45, 2.75) is 32.7 Å². The standard InChI is InChI=1S/C18H23N3/c1-14-11-15(8-9-19)12-20-18(14)21-10-4-7-16-5-2-3-6-17(16)13-21/h2-3,5-6,11-12H,4,7-10,13,19H2,1H3. The average Bonchev–Trinajstić information content (AvgIpc) is 2.70. The lowest BCUT2D eigenvalue weighted by atomic mass is 10.0. The summed E-state index contributed by atoms with van der Waals surface area (Å²) in [5.74, 6) is 1.12. The highest BCUT2D eigenvalue weighted by molar-refractivity contribution is 5.49. The van der Waals surface area contributed by atoms with Crippen LogP contribution in [0.5, 0.6) is 0 Å². The summed E-state index contributed by atoms with van der Waals surface area (Å²) in [5.41, 5.74) is 11.0. The van der Waals surface area contributed by atoms with Gasteiger partial charge in [-0.3, -0.25) is 0 Å². The van der Waals surface area contributed by atoms with E-state index in [-0.39, 0.29) is 0 Å². The quantitative estimate of drug-likeness (QED) is 0.940. The maximum Gasteiger partial charge on any atom is 0.131 e. The molecule has 0 amide bonds. The fourth-order valence-corrected chi connectivity index (χ4v) is 3.14. The van der Waals surface area contributed by atoms with Crippen LogP contribution in [0.1, 0.15) is 28.7 Å². The second-order valence-corrected chi connectivity index (χ2v) is 5.82.